The fourth-order valence-electron chi connectivity index (χ4n) is 1.85. The van der Waals surface area contributed by atoms with E-state index in [1.54, 1.807) is 0 Å². The molecule has 0 atom stereocenters. The largest absolute Gasteiger partial charge is 0.385 e. The molecule has 0 spiro atoms. The Kier molecular flexibility index (Phi) is 3.48. The predicted molar refractivity (Wildman–Crippen MR) is 70.3 cm³/mol. The van der Waals surface area contributed by atoms with Crippen LogP contribution in [0.5, 0.6) is 0 Å². The van der Waals surface area contributed by atoms with Crippen LogP contribution in [0.25, 0.3) is 10.9 Å². The number of anilines is 1. The van der Waals surface area contributed by atoms with E-state index in [9.17, 15) is 4.39 Å². The lowest BCUT2D eigenvalue weighted by atomic mass is 10.1. The Morgan fingerprint density at radius 2 is 2.06 bits per heavy atom. The Hall–Kier alpha value is -1.35. The molecule has 90 valence electrons. The molecule has 1 heterocycles. The molecule has 0 fully saturated rings. The summed E-state index contributed by atoms with van der Waals surface area (Å²) in [6.07, 6.45) is 0.808. The molecule has 1 N–H and O–H groups in total. The number of benzene rings is 1. The summed E-state index contributed by atoms with van der Waals surface area (Å²) in [6, 6.07) is 4.70. The first-order chi connectivity index (χ1) is 8.15. The van der Waals surface area contributed by atoms with Crippen LogP contribution in [0.1, 0.15) is 19.5 Å². The third kappa shape index (κ3) is 2.34. The van der Waals surface area contributed by atoms with E-state index in [0.29, 0.717) is 10.5 Å². The van der Waals surface area contributed by atoms with Gasteiger partial charge in [0.05, 0.1) is 10.5 Å². The van der Waals surface area contributed by atoms with Gasteiger partial charge in [-0.3, -0.25) is 4.98 Å². The van der Waals surface area contributed by atoms with E-state index in [0.717, 1.165) is 29.7 Å². The first-order valence-corrected chi connectivity index (χ1v) is 6.06. The lowest BCUT2D eigenvalue weighted by Crippen LogP contribution is -2.01. The maximum absolute atomic E-state index is 13.3. The fraction of sp³-hybridized carbons (Fsp3) is 0.308. The molecule has 0 saturated carbocycles. The van der Waals surface area contributed by atoms with Gasteiger partial charge in [-0.1, -0.05) is 18.5 Å². The van der Waals surface area contributed by atoms with Crippen LogP contribution in [0, 0.1) is 5.82 Å². The Labute approximate surface area is 105 Å². The highest BCUT2D eigenvalue weighted by Gasteiger charge is 2.10. The topological polar surface area (TPSA) is 24.9 Å². The Bertz CT molecular complexity index is 555. The molecule has 0 unspecified atom stereocenters. The van der Waals surface area contributed by atoms with Crippen LogP contribution in [0.15, 0.2) is 18.2 Å². The smallest absolute Gasteiger partial charge is 0.126 e. The minimum absolute atomic E-state index is 0.356. The third-order valence-electron chi connectivity index (χ3n) is 2.61. The van der Waals surface area contributed by atoms with E-state index in [1.807, 2.05) is 19.9 Å². The van der Waals surface area contributed by atoms with Crippen LogP contribution < -0.4 is 5.32 Å². The van der Waals surface area contributed by atoms with E-state index in [4.69, 9.17) is 11.6 Å². The van der Waals surface area contributed by atoms with Gasteiger partial charge in [0.1, 0.15) is 5.82 Å². The molecule has 2 rings (SSSR count). The van der Waals surface area contributed by atoms with Crippen molar-refractivity contribution < 1.29 is 4.39 Å². The van der Waals surface area contributed by atoms with E-state index in [2.05, 4.69) is 10.3 Å². The average molecular weight is 253 g/mol. The van der Waals surface area contributed by atoms with Crippen molar-refractivity contribution in [1.82, 2.24) is 4.98 Å². The molecule has 1 aromatic carbocycles. The maximum atomic E-state index is 13.3. The van der Waals surface area contributed by atoms with Gasteiger partial charge in [-0.15, -0.1) is 0 Å². The number of pyridine rings is 1. The molecule has 0 aliphatic heterocycles. The summed E-state index contributed by atoms with van der Waals surface area (Å²) in [6.45, 7) is 4.82. The molecule has 0 bridgehead atoms. The van der Waals surface area contributed by atoms with Crippen molar-refractivity contribution in [3.05, 3.63) is 34.7 Å². The van der Waals surface area contributed by atoms with Crippen molar-refractivity contribution >= 4 is 28.2 Å². The third-order valence-corrected chi connectivity index (χ3v) is 2.91. The molecule has 1 aromatic heterocycles. The second kappa shape index (κ2) is 4.88. The number of nitrogens with one attached hydrogen (secondary N) is 1. The first kappa shape index (κ1) is 12.1. The van der Waals surface area contributed by atoms with Crippen molar-refractivity contribution in [2.45, 2.75) is 20.3 Å². The molecule has 4 heteroatoms. The number of rotatable bonds is 3. The molecular weight excluding hydrogens is 239 g/mol. The van der Waals surface area contributed by atoms with Crippen LogP contribution in [0.4, 0.5) is 10.1 Å². The number of aryl methyl sites for hydroxylation is 1. The summed E-state index contributed by atoms with van der Waals surface area (Å²) < 4.78 is 13.3. The van der Waals surface area contributed by atoms with E-state index >= 15 is 0 Å². The Morgan fingerprint density at radius 1 is 1.29 bits per heavy atom. The SMILES string of the molecule is CCNc1cc(CC)nc2cc(F)cc(Cl)c12. The monoisotopic (exact) mass is 252 g/mol. The molecule has 2 aromatic rings. The van der Waals surface area contributed by atoms with Gasteiger partial charge in [-0.25, -0.2) is 4.39 Å². The summed E-state index contributed by atoms with van der Waals surface area (Å²) in [4.78, 5) is 4.39. The number of hydrogen-bond donors (Lipinski definition) is 1. The van der Waals surface area contributed by atoms with Crippen molar-refractivity contribution in [1.29, 1.82) is 0 Å². The maximum Gasteiger partial charge on any atom is 0.126 e. The first-order valence-electron chi connectivity index (χ1n) is 5.68. The molecule has 0 radical (unpaired) electrons. The van der Waals surface area contributed by atoms with Crippen LogP contribution in [-0.4, -0.2) is 11.5 Å². The number of halogens is 2. The van der Waals surface area contributed by atoms with Gasteiger partial charge in [0.25, 0.3) is 0 Å². The molecule has 0 saturated heterocycles. The lowest BCUT2D eigenvalue weighted by molar-refractivity contribution is 0.629. The van der Waals surface area contributed by atoms with Crippen molar-refractivity contribution in [2.24, 2.45) is 0 Å². The highest BCUT2D eigenvalue weighted by Crippen LogP contribution is 2.31. The number of fused-ring (bicyclic) bond motifs is 1. The second-order valence-corrected chi connectivity index (χ2v) is 4.23. The second-order valence-electron chi connectivity index (χ2n) is 3.83. The fourth-order valence-corrected chi connectivity index (χ4v) is 2.15. The standard InChI is InChI=1S/C13H14ClFN2/c1-3-9-7-11(16-4-2)13-10(14)5-8(15)6-12(13)17-9/h5-7H,3-4H2,1-2H3,(H,16,17). The Morgan fingerprint density at radius 3 is 2.71 bits per heavy atom. The Balaban J connectivity index is 2.76. The van der Waals surface area contributed by atoms with Gasteiger partial charge < -0.3 is 5.32 Å². The molecule has 2 nitrogen and oxygen atoms in total. The van der Waals surface area contributed by atoms with Gasteiger partial charge in [-0.2, -0.15) is 0 Å². The number of aromatic nitrogens is 1. The average Bonchev–Trinajstić information content (AvgIpc) is 2.27. The number of nitrogens with zero attached hydrogens (tertiary/aromatic N) is 1. The minimum atomic E-state index is -0.356. The summed E-state index contributed by atoms with van der Waals surface area (Å²) >= 11 is 6.08. The van der Waals surface area contributed by atoms with Crippen molar-refractivity contribution in [2.75, 3.05) is 11.9 Å². The van der Waals surface area contributed by atoms with Crippen molar-refractivity contribution in [3.63, 3.8) is 0 Å². The summed E-state index contributed by atoms with van der Waals surface area (Å²) in [7, 11) is 0. The zero-order valence-corrected chi connectivity index (χ0v) is 10.6. The van der Waals surface area contributed by atoms with Crippen LogP contribution in [0.3, 0.4) is 0 Å². The molecule has 17 heavy (non-hydrogen) atoms. The summed E-state index contributed by atoms with van der Waals surface area (Å²) in [5.41, 5.74) is 2.44. The normalized spacial score (nSPS) is 10.8. The lowest BCUT2D eigenvalue weighted by Gasteiger charge is -2.11. The van der Waals surface area contributed by atoms with Gasteiger partial charge in [0, 0.05) is 29.4 Å². The van der Waals surface area contributed by atoms with Gasteiger partial charge in [0.2, 0.25) is 0 Å². The number of hydrogen-bond acceptors (Lipinski definition) is 2. The van der Waals surface area contributed by atoms with Crippen molar-refractivity contribution in [3.8, 4) is 0 Å². The quantitative estimate of drug-likeness (QED) is 0.892. The van der Waals surface area contributed by atoms with Gasteiger partial charge in [-0.05, 0) is 25.5 Å². The highest BCUT2D eigenvalue weighted by molar-refractivity contribution is 6.36. The van der Waals surface area contributed by atoms with Crippen LogP contribution in [0.2, 0.25) is 5.02 Å². The van der Waals surface area contributed by atoms with Gasteiger partial charge in [0.15, 0.2) is 0 Å². The van der Waals surface area contributed by atoms with Crippen LogP contribution >= 0.6 is 11.6 Å². The van der Waals surface area contributed by atoms with Crippen LogP contribution in [-0.2, 0) is 6.42 Å². The summed E-state index contributed by atoms with van der Waals surface area (Å²) in [5, 5.41) is 4.42. The van der Waals surface area contributed by atoms with E-state index in [1.165, 1.54) is 12.1 Å². The minimum Gasteiger partial charge on any atom is -0.385 e. The zero-order chi connectivity index (χ0) is 12.4. The van der Waals surface area contributed by atoms with E-state index < -0.39 is 0 Å². The highest BCUT2D eigenvalue weighted by atomic mass is 35.5. The zero-order valence-electron chi connectivity index (χ0n) is 9.85. The molecule has 0 aliphatic rings. The molecule has 0 aliphatic carbocycles. The molecular formula is C13H14ClFN2. The summed E-state index contributed by atoms with van der Waals surface area (Å²) in [5.74, 6) is -0.356. The molecule has 0 amide bonds. The van der Waals surface area contributed by atoms with E-state index in [-0.39, 0.29) is 5.82 Å². The van der Waals surface area contributed by atoms with Gasteiger partial charge >= 0.3 is 0 Å². The predicted octanol–water partition coefficient (Wildman–Crippen LogP) is 4.02.